The van der Waals surface area contributed by atoms with Crippen LogP contribution in [0.5, 0.6) is 11.5 Å². The van der Waals surface area contributed by atoms with Crippen LogP contribution in [0.2, 0.25) is 0 Å². The lowest BCUT2D eigenvalue weighted by Crippen LogP contribution is -2.15. The molecule has 35 heavy (non-hydrogen) atoms. The molecular weight excluding hydrogens is 458 g/mol. The van der Waals surface area contributed by atoms with Gasteiger partial charge < -0.3 is 9.47 Å². The van der Waals surface area contributed by atoms with Gasteiger partial charge in [-0.3, -0.25) is 5.43 Å². The van der Waals surface area contributed by atoms with Crippen molar-refractivity contribution in [3.05, 3.63) is 96.0 Å². The molecule has 0 spiro atoms. The standard InChI is InChI=1S/C27H21N5O2S/c1-3-7-19(8-4-1)23-18-35-27(29-23)30-28-16-21-17-32(22-9-5-2-6-10-22)31-26(21)20-11-12-24-25(15-20)34-14-13-33-24/h1-12,15-18H,13-14H2,(H,29,30)/b28-16-. The maximum absolute atomic E-state index is 5.78. The Labute approximate surface area is 206 Å². The smallest absolute Gasteiger partial charge is 0.203 e. The van der Waals surface area contributed by atoms with Crippen LogP contribution >= 0.6 is 11.3 Å². The molecule has 6 rings (SSSR count). The Morgan fingerprint density at radius 3 is 2.49 bits per heavy atom. The van der Waals surface area contributed by atoms with E-state index in [0.717, 1.165) is 50.4 Å². The van der Waals surface area contributed by atoms with Crippen LogP contribution in [-0.4, -0.2) is 34.2 Å². The minimum Gasteiger partial charge on any atom is -0.486 e. The van der Waals surface area contributed by atoms with E-state index in [2.05, 4.69) is 15.5 Å². The number of benzene rings is 3. The van der Waals surface area contributed by atoms with Gasteiger partial charge in [0.05, 0.1) is 17.6 Å². The summed E-state index contributed by atoms with van der Waals surface area (Å²) in [4.78, 5) is 4.64. The molecule has 0 saturated carbocycles. The van der Waals surface area contributed by atoms with E-state index >= 15 is 0 Å². The first-order valence-electron chi connectivity index (χ1n) is 11.2. The molecule has 0 unspecified atom stereocenters. The lowest BCUT2D eigenvalue weighted by Gasteiger charge is -2.18. The van der Waals surface area contributed by atoms with Gasteiger partial charge in [-0.1, -0.05) is 48.5 Å². The molecule has 8 heteroatoms. The Bertz CT molecular complexity index is 1480. The highest BCUT2D eigenvalue weighted by Crippen LogP contribution is 2.35. The van der Waals surface area contributed by atoms with Crippen molar-refractivity contribution in [3.63, 3.8) is 0 Å². The molecule has 5 aromatic rings. The highest BCUT2D eigenvalue weighted by Gasteiger charge is 2.16. The topological polar surface area (TPSA) is 73.6 Å². The van der Waals surface area contributed by atoms with Crippen LogP contribution in [0.3, 0.4) is 0 Å². The minimum absolute atomic E-state index is 0.534. The zero-order valence-electron chi connectivity index (χ0n) is 18.7. The summed E-state index contributed by atoms with van der Waals surface area (Å²) in [6.07, 6.45) is 3.73. The highest BCUT2D eigenvalue weighted by atomic mass is 32.1. The van der Waals surface area contributed by atoms with E-state index < -0.39 is 0 Å². The van der Waals surface area contributed by atoms with Gasteiger partial charge in [0.2, 0.25) is 5.13 Å². The Hall–Kier alpha value is -4.43. The van der Waals surface area contributed by atoms with Gasteiger partial charge in [-0.25, -0.2) is 9.67 Å². The number of nitrogens with zero attached hydrogens (tertiary/aromatic N) is 4. The fourth-order valence-electron chi connectivity index (χ4n) is 3.83. The number of rotatable bonds is 6. The number of hydrogen-bond acceptors (Lipinski definition) is 7. The van der Waals surface area contributed by atoms with Crippen LogP contribution in [-0.2, 0) is 0 Å². The first kappa shape index (κ1) is 21.1. The minimum atomic E-state index is 0.534. The van der Waals surface area contributed by atoms with Crippen molar-refractivity contribution in [1.29, 1.82) is 0 Å². The number of thiazole rings is 1. The zero-order valence-corrected chi connectivity index (χ0v) is 19.5. The Morgan fingerprint density at radius 2 is 1.66 bits per heavy atom. The average molecular weight is 480 g/mol. The van der Waals surface area contributed by atoms with E-state index in [-0.39, 0.29) is 0 Å². The second-order valence-corrected chi connectivity index (χ2v) is 8.70. The van der Waals surface area contributed by atoms with Gasteiger partial charge >= 0.3 is 0 Å². The van der Waals surface area contributed by atoms with E-state index in [1.165, 1.54) is 11.3 Å². The first-order chi connectivity index (χ1) is 17.3. The van der Waals surface area contributed by atoms with E-state index in [9.17, 15) is 0 Å². The lowest BCUT2D eigenvalue weighted by atomic mass is 10.1. The van der Waals surface area contributed by atoms with Gasteiger partial charge in [0, 0.05) is 28.3 Å². The monoisotopic (exact) mass is 479 g/mol. The summed E-state index contributed by atoms with van der Waals surface area (Å²) in [5.41, 5.74) is 8.59. The van der Waals surface area contributed by atoms with Gasteiger partial charge in [0.1, 0.15) is 18.9 Å². The summed E-state index contributed by atoms with van der Waals surface area (Å²) < 4.78 is 13.3. The van der Waals surface area contributed by atoms with Crippen molar-refractivity contribution in [2.75, 3.05) is 18.6 Å². The number of nitrogens with one attached hydrogen (secondary N) is 1. The molecule has 0 amide bonds. The summed E-state index contributed by atoms with van der Waals surface area (Å²) in [7, 11) is 0. The molecule has 3 aromatic carbocycles. The van der Waals surface area contributed by atoms with Crippen LogP contribution in [0.1, 0.15) is 5.56 Å². The van der Waals surface area contributed by atoms with E-state index in [4.69, 9.17) is 14.6 Å². The Balaban J connectivity index is 1.30. The largest absolute Gasteiger partial charge is 0.486 e. The van der Waals surface area contributed by atoms with E-state index in [1.54, 1.807) is 6.21 Å². The summed E-state index contributed by atoms with van der Waals surface area (Å²) in [5, 5.41) is 12.1. The molecular formula is C27H21N5O2S. The molecule has 0 atom stereocenters. The van der Waals surface area contributed by atoms with Gasteiger partial charge in [-0.2, -0.15) is 10.2 Å². The molecule has 0 fully saturated rings. The van der Waals surface area contributed by atoms with Crippen molar-refractivity contribution in [2.45, 2.75) is 0 Å². The SMILES string of the molecule is C(=N/Nc1nc(-c2ccccc2)cs1)/c1cn(-c2ccccc2)nc1-c1ccc2c(c1)OCCO2. The van der Waals surface area contributed by atoms with Crippen LogP contribution in [0, 0.1) is 0 Å². The third-order valence-electron chi connectivity index (χ3n) is 5.52. The highest BCUT2D eigenvalue weighted by molar-refractivity contribution is 7.14. The van der Waals surface area contributed by atoms with Crippen molar-refractivity contribution >= 4 is 22.7 Å². The van der Waals surface area contributed by atoms with Crippen LogP contribution in [0.4, 0.5) is 5.13 Å². The second-order valence-electron chi connectivity index (χ2n) is 7.85. The zero-order chi connectivity index (χ0) is 23.5. The maximum atomic E-state index is 5.78. The summed E-state index contributed by atoms with van der Waals surface area (Å²) in [6, 6.07) is 25.9. The molecule has 1 N–H and O–H groups in total. The molecule has 0 radical (unpaired) electrons. The molecule has 2 aromatic heterocycles. The first-order valence-corrected chi connectivity index (χ1v) is 12.1. The predicted octanol–water partition coefficient (Wildman–Crippen LogP) is 5.88. The Morgan fingerprint density at radius 1 is 0.886 bits per heavy atom. The lowest BCUT2D eigenvalue weighted by molar-refractivity contribution is 0.171. The van der Waals surface area contributed by atoms with Gasteiger partial charge in [0.25, 0.3) is 0 Å². The maximum Gasteiger partial charge on any atom is 0.203 e. The van der Waals surface area contributed by atoms with E-state index in [1.807, 2.05) is 95.1 Å². The molecule has 3 heterocycles. The molecule has 0 saturated heterocycles. The number of hydrazone groups is 1. The summed E-state index contributed by atoms with van der Waals surface area (Å²) in [6.45, 7) is 1.09. The number of fused-ring (bicyclic) bond motifs is 1. The number of ether oxygens (including phenoxy) is 2. The third-order valence-corrected chi connectivity index (χ3v) is 6.26. The van der Waals surface area contributed by atoms with Crippen molar-refractivity contribution in [2.24, 2.45) is 5.10 Å². The predicted molar refractivity (Wildman–Crippen MR) is 139 cm³/mol. The van der Waals surface area contributed by atoms with Gasteiger partial charge in [0.15, 0.2) is 11.5 Å². The van der Waals surface area contributed by atoms with Crippen LogP contribution < -0.4 is 14.9 Å². The quantitative estimate of drug-likeness (QED) is 0.243. The van der Waals surface area contributed by atoms with E-state index in [0.29, 0.717) is 13.2 Å². The molecule has 1 aliphatic heterocycles. The molecule has 1 aliphatic rings. The number of para-hydroxylation sites is 1. The summed E-state index contributed by atoms with van der Waals surface area (Å²) in [5.74, 6) is 1.47. The van der Waals surface area contributed by atoms with Gasteiger partial charge in [-0.15, -0.1) is 11.3 Å². The van der Waals surface area contributed by atoms with Gasteiger partial charge in [-0.05, 0) is 30.3 Å². The molecule has 172 valence electrons. The van der Waals surface area contributed by atoms with Crippen LogP contribution in [0.15, 0.2) is 95.5 Å². The average Bonchev–Trinajstić information content (AvgIpc) is 3.57. The van der Waals surface area contributed by atoms with Crippen LogP contribution in [0.25, 0.3) is 28.2 Å². The number of anilines is 1. The fourth-order valence-corrected chi connectivity index (χ4v) is 4.50. The van der Waals surface area contributed by atoms with Crippen molar-refractivity contribution in [1.82, 2.24) is 14.8 Å². The normalized spacial score (nSPS) is 12.7. The molecule has 0 bridgehead atoms. The fraction of sp³-hybridized carbons (Fsp3) is 0.0741. The molecule has 0 aliphatic carbocycles. The Kier molecular flexibility index (Phi) is 5.70. The van der Waals surface area contributed by atoms with Crippen molar-refractivity contribution < 1.29 is 9.47 Å². The molecule has 7 nitrogen and oxygen atoms in total. The van der Waals surface area contributed by atoms with Crippen molar-refractivity contribution in [3.8, 4) is 39.7 Å². The summed E-state index contributed by atoms with van der Waals surface area (Å²) >= 11 is 1.51. The number of hydrogen-bond donors (Lipinski definition) is 1. The third kappa shape index (κ3) is 4.51. The second kappa shape index (κ2) is 9.44. The number of aromatic nitrogens is 3.